The lowest BCUT2D eigenvalue weighted by Crippen LogP contribution is -1.92. The maximum Gasteiger partial charge on any atom is 0.0471 e. The fourth-order valence-electron chi connectivity index (χ4n) is 1.69. The Morgan fingerprint density at radius 3 is 2.00 bits per heavy atom. The Hall–Kier alpha value is -1.67. The molecule has 0 aliphatic rings. The van der Waals surface area contributed by atoms with Crippen LogP contribution in [-0.2, 0) is 12.8 Å². The van der Waals surface area contributed by atoms with E-state index in [1.165, 1.54) is 16.7 Å². The average molecular weight is 213 g/mol. The van der Waals surface area contributed by atoms with Gasteiger partial charge in [0, 0.05) is 19.0 Å². The van der Waals surface area contributed by atoms with Crippen molar-refractivity contribution in [2.24, 2.45) is 0 Å². The monoisotopic (exact) mass is 213 g/mol. The summed E-state index contributed by atoms with van der Waals surface area (Å²) in [5.74, 6) is 0. The van der Waals surface area contributed by atoms with E-state index in [0.717, 1.165) is 12.8 Å². The predicted molar refractivity (Wildman–Crippen MR) is 64.3 cm³/mol. The topological polar surface area (TPSA) is 33.1 Å². The minimum Gasteiger partial charge on any atom is -0.396 e. The Bertz CT molecular complexity index is 422. The summed E-state index contributed by atoms with van der Waals surface area (Å²) in [6.07, 6.45) is 5.29. The predicted octanol–water partition coefficient (Wildman–Crippen LogP) is 2.21. The zero-order valence-corrected chi connectivity index (χ0v) is 9.13. The molecule has 1 heterocycles. The van der Waals surface area contributed by atoms with Gasteiger partial charge in [-0.15, -0.1) is 0 Å². The number of pyridine rings is 1. The van der Waals surface area contributed by atoms with E-state index in [1.807, 2.05) is 24.5 Å². The van der Waals surface area contributed by atoms with Crippen LogP contribution in [0, 0.1) is 0 Å². The van der Waals surface area contributed by atoms with E-state index in [4.69, 9.17) is 5.11 Å². The molecular weight excluding hydrogens is 198 g/mol. The van der Waals surface area contributed by atoms with Gasteiger partial charge in [-0.2, -0.15) is 0 Å². The van der Waals surface area contributed by atoms with Gasteiger partial charge in [0.15, 0.2) is 0 Å². The number of hydrogen-bond acceptors (Lipinski definition) is 2. The molecule has 0 radical (unpaired) electrons. The number of aliphatic hydroxyl groups excluding tert-OH is 1. The summed E-state index contributed by atoms with van der Waals surface area (Å²) in [6, 6.07) is 12.4. The summed E-state index contributed by atoms with van der Waals surface area (Å²) >= 11 is 0. The van der Waals surface area contributed by atoms with Gasteiger partial charge in [0.25, 0.3) is 0 Å². The lowest BCUT2D eigenvalue weighted by atomic mass is 10.0. The van der Waals surface area contributed by atoms with Crippen molar-refractivity contribution >= 4 is 0 Å². The first-order valence-electron chi connectivity index (χ1n) is 5.46. The largest absolute Gasteiger partial charge is 0.396 e. The van der Waals surface area contributed by atoms with Crippen LogP contribution < -0.4 is 0 Å². The highest BCUT2D eigenvalue weighted by atomic mass is 16.2. The van der Waals surface area contributed by atoms with Crippen molar-refractivity contribution in [3.05, 3.63) is 65.5 Å². The van der Waals surface area contributed by atoms with Gasteiger partial charge >= 0.3 is 0 Å². The van der Waals surface area contributed by atoms with Crippen LogP contribution in [0.2, 0.25) is 0 Å². The van der Waals surface area contributed by atoms with Crippen molar-refractivity contribution in [1.82, 2.24) is 4.98 Å². The molecule has 1 aromatic heterocycles. The van der Waals surface area contributed by atoms with Gasteiger partial charge in [0.2, 0.25) is 0 Å². The van der Waals surface area contributed by atoms with Gasteiger partial charge in [-0.25, -0.2) is 0 Å². The zero-order chi connectivity index (χ0) is 11.2. The van der Waals surface area contributed by atoms with Crippen LogP contribution in [0.15, 0.2) is 48.8 Å². The minimum atomic E-state index is 0.212. The van der Waals surface area contributed by atoms with Gasteiger partial charge < -0.3 is 5.11 Å². The summed E-state index contributed by atoms with van der Waals surface area (Å²) in [5, 5.41) is 8.82. The van der Waals surface area contributed by atoms with Crippen LogP contribution in [0.3, 0.4) is 0 Å². The van der Waals surface area contributed by atoms with Crippen molar-refractivity contribution in [1.29, 1.82) is 0 Å². The van der Waals surface area contributed by atoms with Crippen LogP contribution in [0.25, 0.3) is 0 Å². The summed E-state index contributed by atoms with van der Waals surface area (Å²) in [7, 11) is 0. The van der Waals surface area contributed by atoms with E-state index < -0.39 is 0 Å². The molecular formula is C14H15NO. The Balaban J connectivity index is 2.05. The highest BCUT2D eigenvalue weighted by Crippen LogP contribution is 2.10. The highest BCUT2D eigenvalue weighted by molar-refractivity contribution is 5.27. The molecule has 16 heavy (non-hydrogen) atoms. The lowest BCUT2D eigenvalue weighted by Gasteiger charge is -2.03. The van der Waals surface area contributed by atoms with Gasteiger partial charge in [-0.3, -0.25) is 4.98 Å². The molecule has 0 unspecified atom stereocenters. The van der Waals surface area contributed by atoms with Crippen molar-refractivity contribution in [3.63, 3.8) is 0 Å². The number of rotatable bonds is 4. The van der Waals surface area contributed by atoms with E-state index >= 15 is 0 Å². The Kier molecular flexibility index (Phi) is 3.67. The van der Waals surface area contributed by atoms with E-state index in [1.54, 1.807) is 0 Å². The molecule has 0 bridgehead atoms. The second kappa shape index (κ2) is 5.42. The second-order valence-electron chi connectivity index (χ2n) is 3.82. The molecule has 0 saturated heterocycles. The number of hydrogen-bond donors (Lipinski definition) is 1. The van der Waals surface area contributed by atoms with Crippen molar-refractivity contribution in [2.45, 2.75) is 12.8 Å². The zero-order valence-electron chi connectivity index (χ0n) is 9.13. The molecule has 0 fully saturated rings. The molecule has 0 atom stereocenters. The van der Waals surface area contributed by atoms with Crippen molar-refractivity contribution in [3.8, 4) is 0 Å². The molecule has 2 rings (SSSR count). The molecule has 2 nitrogen and oxygen atoms in total. The second-order valence-corrected chi connectivity index (χ2v) is 3.82. The Labute approximate surface area is 95.6 Å². The first kappa shape index (κ1) is 10.8. The SMILES string of the molecule is OCCc1ccc(Cc2ccncc2)cc1. The third-order valence-corrected chi connectivity index (χ3v) is 2.58. The fraction of sp³-hybridized carbons (Fsp3) is 0.214. The van der Waals surface area contributed by atoms with Crippen molar-refractivity contribution in [2.75, 3.05) is 6.61 Å². The third kappa shape index (κ3) is 2.91. The summed E-state index contributed by atoms with van der Waals surface area (Å²) < 4.78 is 0. The lowest BCUT2D eigenvalue weighted by molar-refractivity contribution is 0.299. The maximum atomic E-state index is 8.82. The number of aromatic nitrogens is 1. The maximum absolute atomic E-state index is 8.82. The first-order chi connectivity index (χ1) is 7.88. The summed E-state index contributed by atoms with van der Waals surface area (Å²) in [4.78, 5) is 4.00. The summed E-state index contributed by atoms with van der Waals surface area (Å²) in [6.45, 7) is 0.212. The van der Waals surface area contributed by atoms with Crippen LogP contribution in [0.5, 0.6) is 0 Å². The van der Waals surface area contributed by atoms with Gasteiger partial charge in [-0.1, -0.05) is 24.3 Å². The van der Waals surface area contributed by atoms with E-state index in [0.29, 0.717) is 0 Å². The molecule has 0 spiro atoms. The average Bonchev–Trinajstić information content (AvgIpc) is 2.33. The molecule has 0 aliphatic heterocycles. The molecule has 0 saturated carbocycles. The number of benzene rings is 1. The van der Waals surface area contributed by atoms with E-state index in [2.05, 4.69) is 29.2 Å². The summed E-state index contributed by atoms with van der Waals surface area (Å²) in [5.41, 5.74) is 3.73. The Morgan fingerprint density at radius 2 is 1.38 bits per heavy atom. The highest BCUT2D eigenvalue weighted by Gasteiger charge is 1.96. The first-order valence-corrected chi connectivity index (χ1v) is 5.46. The Morgan fingerprint density at radius 1 is 0.812 bits per heavy atom. The van der Waals surface area contributed by atoms with Crippen molar-refractivity contribution < 1.29 is 5.11 Å². The van der Waals surface area contributed by atoms with E-state index in [9.17, 15) is 0 Å². The van der Waals surface area contributed by atoms with Gasteiger partial charge in [0.1, 0.15) is 0 Å². The molecule has 2 heteroatoms. The molecule has 1 aromatic carbocycles. The smallest absolute Gasteiger partial charge is 0.0471 e. The number of aliphatic hydroxyl groups is 1. The standard InChI is InChI=1S/C14H15NO/c16-10-7-12-1-3-13(4-2-12)11-14-5-8-15-9-6-14/h1-6,8-9,16H,7,10-11H2. The molecule has 0 amide bonds. The van der Waals surface area contributed by atoms with Gasteiger partial charge in [-0.05, 0) is 41.7 Å². The minimum absolute atomic E-state index is 0.212. The van der Waals surface area contributed by atoms with Crippen LogP contribution in [0.1, 0.15) is 16.7 Å². The quantitative estimate of drug-likeness (QED) is 0.844. The third-order valence-electron chi connectivity index (χ3n) is 2.58. The van der Waals surface area contributed by atoms with E-state index in [-0.39, 0.29) is 6.61 Å². The molecule has 1 N–H and O–H groups in total. The van der Waals surface area contributed by atoms with Crippen LogP contribution in [0.4, 0.5) is 0 Å². The number of nitrogens with zero attached hydrogens (tertiary/aromatic N) is 1. The molecule has 82 valence electrons. The normalized spacial score (nSPS) is 10.3. The van der Waals surface area contributed by atoms with Gasteiger partial charge in [0.05, 0.1) is 0 Å². The molecule has 0 aliphatic carbocycles. The van der Waals surface area contributed by atoms with Crippen LogP contribution in [-0.4, -0.2) is 16.7 Å². The van der Waals surface area contributed by atoms with Crippen LogP contribution >= 0.6 is 0 Å². The fourth-order valence-corrected chi connectivity index (χ4v) is 1.69. The molecule has 2 aromatic rings.